The number of benzene rings is 2. The Labute approximate surface area is 150 Å². The van der Waals surface area contributed by atoms with E-state index in [9.17, 15) is 9.59 Å². The second-order valence-corrected chi connectivity index (χ2v) is 6.53. The van der Waals surface area contributed by atoms with Gasteiger partial charge in [-0.3, -0.25) is 9.59 Å². The van der Waals surface area contributed by atoms with Crippen LogP contribution in [0.2, 0.25) is 5.02 Å². The molecule has 2 aromatic rings. The SMILES string of the molecule is CC(=O)c1ccc(NC(=O)CSCCOc2ccccc2Cl)cc1. The topological polar surface area (TPSA) is 55.4 Å². The first-order valence-electron chi connectivity index (χ1n) is 7.42. The van der Waals surface area contributed by atoms with Crippen molar-refractivity contribution in [3.8, 4) is 5.75 Å². The van der Waals surface area contributed by atoms with Gasteiger partial charge in [0.15, 0.2) is 5.78 Å². The lowest BCUT2D eigenvalue weighted by molar-refractivity contribution is -0.113. The van der Waals surface area contributed by atoms with Gasteiger partial charge in [0.2, 0.25) is 5.91 Å². The van der Waals surface area contributed by atoms with Gasteiger partial charge < -0.3 is 10.1 Å². The molecule has 0 fully saturated rings. The normalized spacial score (nSPS) is 10.2. The highest BCUT2D eigenvalue weighted by atomic mass is 35.5. The summed E-state index contributed by atoms with van der Waals surface area (Å²) in [5.41, 5.74) is 1.30. The largest absolute Gasteiger partial charge is 0.491 e. The number of nitrogens with one attached hydrogen (secondary N) is 1. The molecule has 0 aliphatic rings. The van der Waals surface area contributed by atoms with E-state index in [0.29, 0.717) is 40.1 Å². The lowest BCUT2D eigenvalue weighted by Crippen LogP contribution is -2.15. The second kappa shape index (κ2) is 9.35. The van der Waals surface area contributed by atoms with Crippen LogP contribution in [0.1, 0.15) is 17.3 Å². The fraction of sp³-hybridized carbons (Fsp3) is 0.222. The van der Waals surface area contributed by atoms with Gasteiger partial charge >= 0.3 is 0 Å². The number of ketones is 1. The van der Waals surface area contributed by atoms with Crippen LogP contribution < -0.4 is 10.1 Å². The zero-order valence-corrected chi connectivity index (χ0v) is 14.8. The molecular formula is C18H18ClNO3S. The van der Waals surface area contributed by atoms with E-state index >= 15 is 0 Å². The molecule has 2 rings (SSSR count). The maximum atomic E-state index is 11.9. The Balaban J connectivity index is 1.66. The molecule has 0 bridgehead atoms. The van der Waals surface area contributed by atoms with Crippen molar-refractivity contribution in [2.45, 2.75) is 6.92 Å². The van der Waals surface area contributed by atoms with Crippen LogP contribution in [0.15, 0.2) is 48.5 Å². The number of thioether (sulfide) groups is 1. The first-order chi connectivity index (χ1) is 11.6. The molecule has 24 heavy (non-hydrogen) atoms. The molecule has 4 nitrogen and oxygen atoms in total. The lowest BCUT2D eigenvalue weighted by Gasteiger charge is -2.08. The molecule has 0 aliphatic carbocycles. The van der Waals surface area contributed by atoms with Gasteiger partial charge in [0.1, 0.15) is 5.75 Å². The second-order valence-electron chi connectivity index (χ2n) is 5.01. The Hall–Kier alpha value is -1.98. The van der Waals surface area contributed by atoms with E-state index in [1.54, 1.807) is 30.3 Å². The van der Waals surface area contributed by atoms with Gasteiger partial charge in [0.05, 0.1) is 17.4 Å². The predicted octanol–water partition coefficient (Wildman–Crippen LogP) is 4.29. The van der Waals surface area contributed by atoms with Gasteiger partial charge in [-0.15, -0.1) is 11.8 Å². The number of hydrogen-bond acceptors (Lipinski definition) is 4. The van der Waals surface area contributed by atoms with E-state index in [-0.39, 0.29) is 11.7 Å². The predicted molar refractivity (Wildman–Crippen MR) is 99.3 cm³/mol. The Morgan fingerprint density at radius 1 is 1.12 bits per heavy atom. The molecule has 1 N–H and O–H groups in total. The van der Waals surface area contributed by atoms with E-state index < -0.39 is 0 Å². The van der Waals surface area contributed by atoms with Crippen LogP contribution in [0.5, 0.6) is 5.75 Å². The zero-order chi connectivity index (χ0) is 17.4. The van der Waals surface area contributed by atoms with Crippen LogP contribution in [0.25, 0.3) is 0 Å². The average molecular weight is 364 g/mol. The molecule has 0 saturated heterocycles. The monoisotopic (exact) mass is 363 g/mol. The number of rotatable bonds is 8. The van der Waals surface area contributed by atoms with Gasteiger partial charge in [-0.2, -0.15) is 0 Å². The van der Waals surface area contributed by atoms with E-state index in [1.807, 2.05) is 18.2 Å². The zero-order valence-electron chi connectivity index (χ0n) is 13.3. The van der Waals surface area contributed by atoms with Gasteiger partial charge in [-0.05, 0) is 43.3 Å². The van der Waals surface area contributed by atoms with Crippen LogP contribution in [0.4, 0.5) is 5.69 Å². The quantitative estimate of drug-likeness (QED) is 0.561. The van der Waals surface area contributed by atoms with Crippen molar-refractivity contribution in [3.05, 3.63) is 59.1 Å². The van der Waals surface area contributed by atoms with Crippen molar-refractivity contribution < 1.29 is 14.3 Å². The van der Waals surface area contributed by atoms with Gasteiger partial charge in [-0.1, -0.05) is 23.7 Å². The molecule has 0 radical (unpaired) electrons. The van der Waals surface area contributed by atoms with Crippen LogP contribution >= 0.6 is 23.4 Å². The number of halogens is 1. The van der Waals surface area contributed by atoms with Crippen molar-refractivity contribution >= 4 is 40.7 Å². The summed E-state index contributed by atoms with van der Waals surface area (Å²) >= 11 is 7.47. The Kier molecular flexibility index (Phi) is 7.15. The standard InChI is InChI=1S/C18H18ClNO3S/c1-13(21)14-6-8-15(9-7-14)20-18(22)12-24-11-10-23-17-5-3-2-4-16(17)19/h2-9H,10-12H2,1H3,(H,20,22). The molecule has 0 saturated carbocycles. The van der Waals surface area contributed by atoms with E-state index in [1.165, 1.54) is 18.7 Å². The Bertz CT molecular complexity index is 704. The van der Waals surface area contributed by atoms with Crippen molar-refractivity contribution in [1.29, 1.82) is 0 Å². The van der Waals surface area contributed by atoms with E-state index in [2.05, 4.69) is 5.32 Å². The minimum absolute atomic E-state index is 0.00181. The molecule has 0 unspecified atom stereocenters. The molecule has 126 valence electrons. The van der Waals surface area contributed by atoms with Crippen molar-refractivity contribution in [1.82, 2.24) is 0 Å². The summed E-state index contributed by atoms with van der Waals surface area (Å²) in [7, 11) is 0. The summed E-state index contributed by atoms with van der Waals surface area (Å²) in [6.45, 7) is 1.99. The molecule has 0 aliphatic heterocycles. The Morgan fingerprint density at radius 3 is 2.50 bits per heavy atom. The highest BCUT2D eigenvalue weighted by Gasteiger charge is 2.05. The van der Waals surface area contributed by atoms with Crippen LogP contribution in [0.3, 0.4) is 0 Å². The molecular weight excluding hydrogens is 346 g/mol. The smallest absolute Gasteiger partial charge is 0.234 e. The number of amides is 1. The summed E-state index contributed by atoms with van der Waals surface area (Å²) in [5, 5.41) is 3.37. The highest BCUT2D eigenvalue weighted by Crippen LogP contribution is 2.23. The number of Topliss-reactive ketones (excluding diaryl/α,β-unsaturated/α-hetero) is 1. The number of para-hydroxylation sites is 1. The van der Waals surface area contributed by atoms with E-state index in [4.69, 9.17) is 16.3 Å². The number of hydrogen-bond donors (Lipinski definition) is 1. The van der Waals surface area contributed by atoms with E-state index in [0.717, 1.165) is 0 Å². The minimum Gasteiger partial charge on any atom is -0.491 e. The van der Waals surface area contributed by atoms with Gasteiger partial charge in [0.25, 0.3) is 0 Å². The fourth-order valence-electron chi connectivity index (χ4n) is 1.92. The molecule has 0 atom stereocenters. The summed E-state index contributed by atoms with van der Waals surface area (Å²) in [6.07, 6.45) is 0. The average Bonchev–Trinajstić information content (AvgIpc) is 2.56. The van der Waals surface area contributed by atoms with Crippen molar-refractivity contribution in [2.75, 3.05) is 23.4 Å². The molecule has 1 amide bonds. The molecule has 0 heterocycles. The van der Waals surface area contributed by atoms with Crippen LogP contribution in [0, 0.1) is 0 Å². The minimum atomic E-state index is -0.0895. The summed E-state index contributed by atoms with van der Waals surface area (Å²) in [4.78, 5) is 23.1. The molecule has 2 aromatic carbocycles. The maximum absolute atomic E-state index is 11.9. The van der Waals surface area contributed by atoms with Gasteiger partial charge in [-0.25, -0.2) is 0 Å². The number of ether oxygens (including phenoxy) is 1. The number of carbonyl (C=O) groups is 2. The first kappa shape index (κ1) is 18.4. The third-order valence-electron chi connectivity index (χ3n) is 3.13. The number of carbonyl (C=O) groups excluding carboxylic acids is 2. The lowest BCUT2D eigenvalue weighted by atomic mass is 10.1. The Morgan fingerprint density at radius 2 is 1.83 bits per heavy atom. The first-order valence-corrected chi connectivity index (χ1v) is 8.95. The summed E-state index contributed by atoms with van der Waals surface area (Å²) < 4.78 is 5.56. The number of anilines is 1. The molecule has 0 spiro atoms. The van der Waals surface area contributed by atoms with Crippen molar-refractivity contribution in [2.24, 2.45) is 0 Å². The maximum Gasteiger partial charge on any atom is 0.234 e. The fourth-order valence-corrected chi connectivity index (χ4v) is 2.72. The third kappa shape index (κ3) is 5.91. The van der Waals surface area contributed by atoms with Gasteiger partial charge in [0, 0.05) is 17.0 Å². The summed E-state index contributed by atoms with van der Waals surface area (Å²) in [5.74, 6) is 1.58. The highest BCUT2D eigenvalue weighted by molar-refractivity contribution is 7.99. The molecule has 6 heteroatoms. The van der Waals surface area contributed by atoms with Crippen LogP contribution in [-0.2, 0) is 4.79 Å². The third-order valence-corrected chi connectivity index (χ3v) is 4.36. The van der Waals surface area contributed by atoms with Crippen LogP contribution in [-0.4, -0.2) is 29.8 Å². The molecule has 0 aromatic heterocycles. The van der Waals surface area contributed by atoms with Crippen molar-refractivity contribution in [3.63, 3.8) is 0 Å². The summed E-state index contributed by atoms with van der Waals surface area (Å²) in [6, 6.07) is 14.1.